The van der Waals surface area contributed by atoms with Crippen LogP contribution in [0.2, 0.25) is 0 Å². The molecule has 1 aliphatic rings. The number of alkyl halides is 2. The SMILES string of the molecule is Cc1ccccc1[C@@H](C)CC(=O)NC1CCN(CC(F)F)CC1. The number of benzene rings is 1. The van der Waals surface area contributed by atoms with E-state index in [0.717, 1.165) is 12.8 Å². The summed E-state index contributed by atoms with van der Waals surface area (Å²) in [6, 6.07) is 8.23. The van der Waals surface area contributed by atoms with Crippen LogP contribution in [0.3, 0.4) is 0 Å². The van der Waals surface area contributed by atoms with E-state index in [4.69, 9.17) is 0 Å². The van der Waals surface area contributed by atoms with Crippen molar-refractivity contribution in [3.63, 3.8) is 0 Å². The molecule has 1 aromatic rings. The Bertz CT molecular complexity index is 513. The number of carbonyl (C=O) groups is 1. The van der Waals surface area contributed by atoms with Gasteiger partial charge < -0.3 is 5.32 Å². The first-order chi connectivity index (χ1) is 11.0. The maximum Gasteiger partial charge on any atom is 0.251 e. The minimum atomic E-state index is -2.28. The van der Waals surface area contributed by atoms with Gasteiger partial charge in [0.1, 0.15) is 0 Å². The molecule has 0 aliphatic carbocycles. The maximum absolute atomic E-state index is 12.4. The van der Waals surface area contributed by atoms with Crippen molar-refractivity contribution in [1.29, 1.82) is 0 Å². The van der Waals surface area contributed by atoms with Crippen LogP contribution < -0.4 is 5.32 Å². The second-order valence-corrected chi connectivity index (χ2v) is 6.50. The fourth-order valence-electron chi connectivity index (χ4n) is 3.27. The summed E-state index contributed by atoms with van der Waals surface area (Å²) in [5, 5.41) is 3.06. The number of likely N-dealkylation sites (tertiary alicyclic amines) is 1. The van der Waals surface area contributed by atoms with Crippen LogP contribution in [0.4, 0.5) is 8.78 Å². The fourth-order valence-corrected chi connectivity index (χ4v) is 3.27. The van der Waals surface area contributed by atoms with E-state index in [1.165, 1.54) is 11.1 Å². The van der Waals surface area contributed by atoms with Crippen LogP contribution in [0.25, 0.3) is 0 Å². The highest BCUT2D eigenvalue weighted by molar-refractivity contribution is 5.77. The lowest BCUT2D eigenvalue weighted by Crippen LogP contribution is -2.45. The highest BCUT2D eigenvalue weighted by Crippen LogP contribution is 2.22. The molecule has 3 nitrogen and oxygen atoms in total. The van der Waals surface area contributed by atoms with Gasteiger partial charge in [0.15, 0.2) is 0 Å². The van der Waals surface area contributed by atoms with Crippen molar-refractivity contribution < 1.29 is 13.6 Å². The van der Waals surface area contributed by atoms with Crippen molar-refractivity contribution in [2.45, 2.75) is 51.5 Å². The Morgan fingerprint density at radius 1 is 1.30 bits per heavy atom. The third-order valence-corrected chi connectivity index (χ3v) is 4.56. The average Bonchev–Trinajstić information content (AvgIpc) is 2.49. The van der Waals surface area contributed by atoms with Crippen LogP contribution in [-0.2, 0) is 4.79 Å². The molecule has 1 amide bonds. The zero-order valence-corrected chi connectivity index (χ0v) is 13.9. The predicted molar refractivity (Wildman–Crippen MR) is 87.8 cm³/mol. The van der Waals surface area contributed by atoms with Gasteiger partial charge in [-0.05, 0) is 36.8 Å². The van der Waals surface area contributed by atoms with Crippen molar-refractivity contribution in [1.82, 2.24) is 10.2 Å². The third-order valence-electron chi connectivity index (χ3n) is 4.56. The van der Waals surface area contributed by atoms with E-state index in [0.29, 0.717) is 19.5 Å². The van der Waals surface area contributed by atoms with Crippen molar-refractivity contribution in [3.8, 4) is 0 Å². The molecule has 0 saturated carbocycles. The number of hydrogen-bond donors (Lipinski definition) is 1. The Hall–Kier alpha value is -1.49. The zero-order chi connectivity index (χ0) is 16.8. The first-order valence-electron chi connectivity index (χ1n) is 8.31. The summed E-state index contributed by atoms with van der Waals surface area (Å²) in [7, 11) is 0. The molecule has 0 aromatic heterocycles. The van der Waals surface area contributed by atoms with E-state index in [9.17, 15) is 13.6 Å². The molecule has 1 heterocycles. The number of aryl methyl sites for hydroxylation is 1. The minimum Gasteiger partial charge on any atom is -0.353 e. The molecule has 128 valence electrons. The van der Waals surface area contributed by atoms with E-state index in [1.54, 1.807) is 4.90 Å². The summed E-state index contributed by atoms with van der Waals surface area (Å²) in [5.74, 6) is 0.225. The van der Waals surface area contributed by atoms with Crippen LogP contribution in [0.5, 0.6) is 0 Å². The van der Waals surface area contributed by atoms with Crippen LogP contribution >= 0.6 is 0 Å². The van der Waals surface area contributed by atoms with Gasteiger partial charge in [-0.3, -0.25) is 9.69 Å². The summed E-state index contributed by atoms with van der Waals surface area (Å²) in [6.07, 6.45) is -0.327. The minimum absolute atomic E-state index is 0.0491. The molecule has 0 spiro atoms. The normalized spacial score (nSPS) is 18.1. The van der Waals surface area contributed by atoms with Gasteiger partial charge >= 0.3 is 0 Å². The summed E-state index contributed by atoms with van der Waals surface area (Å²) >= 11 is 0. The van der Waals surface area contributed by atoms with E-state index < -0.39 is 6.43 Å². The van der Waals surface area contributed by atoms with E-state index in [-0.39, 0.29) is 24.4 Å². The highest BCUT2D eigenvalue weighted by Gasteiger charge is 2.23. The van der Waals surface area contributed by atoms with Crippen LogP contribution in [0.1, 0.15) is 43.2 Å². The van der Waals surface area contributed by atoms with Crippen LogP contribution in [0, 0.1) is 6.92 Å². The first-order valence-corrected chi connectivity index (χ1v) is 8.31. The Kier molecular flexibility index (Phi) is 6.51. The molecular formula is C18H26F2N2O. The van der Waals surface area contributed by atoms with E-state index in [1.807, 2.05) is 12.1 Å². The van der Waals surface area contributed by atoms with Gasteiger partial charge in [-0.2, -0.15) is 0 Å². The van der Waals surface area contributed by atoms with Crippen LogP contribution in [0.15, 0.2) is 24.3 Å². The fraction of sp³-hybridized carbons (Fsp3) is 0.611. The number of rotatable bonds is 6. The molecule has 1 aromatic carbocycles. The van der Waals surface area contributed by atoms with Gasteiger partial charge in [0.05, 0.1) is 6.54 Å². The van der Waals surface area contributed by atoms with E-state index in [2.05, 4.69) is 31.3 Å². The van der Waals surface area contributed by atoms with Gasteiger partial charge in [0, 0.05) is 25.6 Å². The Morgan fingerprint density at radius 3 is 2.57 bits per heavy atom. The van der Waals surface area contributed by atoms with Gasteiger partial charge in [-0.15, -0.1) is 0 Å². The smallest absolute Gasteiger partial charge is 0.251 e. The van der Waals surface area contributed by atoms with Crippen LogP contribution in [-0.4, -0.2) is 42.9 Å². The molecular weight excluding hydrogens is 298 g/mol. The summed E-state index contributed by atoms with van der Waals surface area (Å²) in [4.78, 5) is 14.0. The number of hydrogen-bond acceptors (Lipinski definition) is 2. The van der Waals surface area contributed by atoms with Crippen molar-refractivity contribution in [2.75, 3.05) is 19.6 Å². The Morgan fingerprint density at radius 2 is 1.96 bits per heavy atom. The lowest BCUT2D eigenvalue weighted by atomic mass is 9.93. The number of amides is 1. The van der Waals surface area contributed by atoms with Gasteiger partial charge in [0.2, 0.25) is 5.91 Å². The summed E-state index contributed by atoms with van der Waals surface area (Å²) in [6.45, 7) is 5.21. The molecule has 1 aliphatic heterocycles. The number of piperidine rings is 1. The summed E-state index contributed by atoms with van der Waals surface area (Å²) in [5.41, 5.74) is 2.41. The third kappa shape index (κ3) is 5.57. The quantitative estimate of drug-likeness (QED) is 0.870. The Balaban J connectivity index is 1.76. The molecule has 1 atom stereocenters. The molecule has 2 rings (SSSR count). The van der Waals surface area contributed by atoms with Crippen molar-refractivity contribution in [3.05, 3.63) is 35.4 Å². The lowest BCUT2D eigenvalue weighted by molar-refractivity contribution is -0.122. The largest absolute Gasteiger partial charge is 0.353 e. The highest BCUT2D eigenvalue weighted by atomic mass is 19.3. The molecule has 5 heteroatoms. The number of nitrogens with one attached hydrogen (secondary N) is 1. The molecule has 0 unspecified atom stereocenters. The summed E-state index contributed by atoms with van der Waals surface area (Å²) < 4.78 is 24.7. The zero-order valence-electron chi connectivity index (χ0n) is 13.9. The first kappa shape index (κ1) is 17.9. The molecule has 0 radical (unpaired) electrons. The average molecular weight is 324 g/mol. The van der Waals surface area contributed by atoms with Crippen molar-refractivity contribution in [2.24, 2.45) is 0 Å². The molecule has 23 heavy (non-hydrogen) atoms. The molecule has 1 saturated heterocycles. The monoisotopic (exact) mass is 324 g/mol. The van der Waals surface area contributed by atoms with Crippen molar-refractivity contribution >= 4 is 5.91 Å². The predicted octanol–water partition coefficient (Wildman–Crippen LogP) is 3.33. The lowest BCUT2D eigenvalue weighted by Gasteiger charge is -2.32. The Labute approximate surface area is 137 Å². The number of carbonyl (C=O) groups excluding carboxylic acids is 1. The number of nitrogens with zero attached hydrogens (tertiary/aromatic N) is 1. The van der Waals surface area contributed by atoms with Gasteiger partial charge in [0.25, 0.3) is 6.43 Å². The number of halogens is 2. The van der Waals surface area contributed by atoms with Gasteiger partial charge in [-0.25, -0.2) is 8.78 Å². The van der Waals surface area contributed by atoms with Gasteiger partial charge in [-0.1, -0.05) is 31.2 Å². The standard InChI is InChI=1S/C18H26F2N2O/c1-13-5-3-4-6-16(13)14(2)11-18(23)21-15-7-9-22(10-8-15)12-17(19)20/h3-6,14-15,17H,7-12H2,1-2H3,(H,21,23)/t14-/m0/s1. The maximum atomic E-state index is 12.4. The topological polar surface area (TPSA) is 32.3 Å². The second kappa shape index (κ2) is 8.39. The second-order valence-electron chi connectivity index (χ2n) is 6.50. The molecule has 0 bridgehead atoms. The van der Waals surface area contributed by atoms with E-state index >= 15 is 0 Å². The molecule has 1 N–H and O–H groups in total. The molecule has 1 fully saturated rings.